The predicted molar refractivity (Wildman–Crippen MR) is 76.5 cm³/mol. The third-order valence-electron chi connectivity index (χ3n) is 5.03. The molecule has 0 bridgehead atoms. The molecule has 2 fully saturated rings. The van der Waals surface area contributed by atoms with E-state index in [1.807, 2.05) is 11.8 Å². The van der Waals surface area contributed by atoms with Gasteiger partial charge in [-0.1, -0.05) is 13.8 Å². The molecular weight excluding hydrogens is 256 g/mol. The fraction of sp³-hybridized carbons (Fsp3) is 0.867. The summed E-state index contributed by atoms with van der Waals surface area (Å²) in [5.41, 5.74) is -0.739. The monoisotopic (exact) mass is 282 g/mol. The SMILES string of the molecule is CCC1(C(=O)O)CCCN(C(=O)N2CCC(C)CC2)C1. The van der Waals surface area contributed by atoms with Crippen molar-refractivity contribution in [3.05, 3.63) is 0 Å². The van der Waals surface area contributed by atoms with Crippen LogP contribution in [-0.4, -0.2) is 53.1 Å². The average molecular weight is 282 g/mol. The van der Waals surface area contributed by atoms with Gasteiger partial charge in [-0.3, -0.25) is 4.79 Å². The van der Waals surface area contributed by atoms with Crippen molar-refractivity contribution in [3.8, 4) is 0 Å². The highest BCUT2D eigenvalue weighted by atomic mass is 16.4. The third-order valence-corrected chi connectivity index (χ3v) is 5.03. The van der Waals surface area contributed by atoms with E-state index in [2.05, 4.69) is 6.92 Å². The van der Waals surface area contributed by atoms with Crippen molar-refractivity contribution in [1.29, 1.82) is 0 Å². The zero-order chi connectivity index (χ0) is 14.8. The Morgan fingerprint density at radius 1 is 1.20 bits per heavy atom. The number of amides is 2. The first-order valence-electron chi connectivity index (χ1n) is 7.76. The summed E-state index contributed by atoms with van der Waals surface area (Å²) in [6.45, 7) is 6.80. The largest absolute Gasteiger partial charge is 0.481 e. The van der Waals surface area contributed by atoms with Crippen molar-refractivity contribution < 1.29 is 14.7 Å². The quantitative estimate of drug-likeness (QED) is 0.846. The lowest BCUT2D eigenvalue weighted by Gasteiger charge is -2.42. The molecule has 5 heteroatoms. The van der Waals surface area contributed by atoms with Crippen molar-refractivity contribution in [1.82, 2.24) is 9.80 Å². The van der Waals surface area contributed by atoms with E-state index in [9.17, 15) is 14.7 Å². The molecule has 2 heterocycles. The van der Waals surface area contributed by atoms with E-state index in [-0.39, 0.29) is 6.03 Å². The Balaban J connectivity index is 2.01. The fourth-order valence-corrected chi connectivity index (χ4v) is 3.31. The van der Waals surface area contributed by atoms with Gasteiger partial charge in [-0.05, 0) is 38.0 Å². The van der Waals surface area contributed by atoms with Crippen LogP contribution >= 0.6 is 0 Å². The van der Waals surface area contributed by atoms with E-state index < -0.39 is 11.4 Å². The van der Waals surface area contributed by atoms with Crippen LogP contribution in [0.1, 0.15) is 46.0 Å². The van der Waals surface area contributed by atoms with E-state index >= 15 is 0 Å². The molecule has 1 N–H and O–H groups in total. The molecule has 0 spiro atoms. The van der Waals surface area contributed by atoms with Gasteiger partial charge in [0.2, 0.25) is 0 Å². The van der Waals surface area contributed by atoms with Crippen LogP contribution in [0.15, 0.2) is 0 Å². The number of carbonyl (C=O) groups excluding carboxylic acids is 1. The van der Waals surface area contributed by atoms with Crippen molar-refractivity contribution >= 4 is 12.0 Å². The number of rotatable bonds is 2. The smallest absolute Gasteiger partial charge is 0.320 e. The van der Waals surface area contributed by atoms with Gasteiger partial charge in [0, 0.05) is 26.2 Å². The predicted octanol–water partition coefficient (Wildman–Crippen LogP) is 2.42. The molecule has 2 saturated heterocycles. The molecular formula is C15H26N2O3. The molecule has 114 valence electrons. The van der Waals surface area contributed by atoms with Gasteiger partial charge in [-0.15, -0.1) is 0 Å². The molecule has 0 aromatic rings. The van der Waals surface area contributed by atoms with Gasteiger partial charge < -0.3 is 14.9 Å². The lowest BCUT2D eigenvalue weighted by molar-refractivity contribution is -0.152. The maximum atomic E-state index is 12.5. The number of carbonyl (C=O) groups is 2. The topological polar surface area (TPSA) is 60.9 Å². The van der Waals surface area contributed by atoms with Gasteiger partial charge in [0.1, 0.15) is 0 Å². The number of nitrogens with zero attached hydrogens (tertiary/aromatic N) is 2. The van der Waals surface area contributed by atoms with Crippen molar-refractivity contribution in [2.45, 2.75) is 46.0 Å². The molecule has 0 saturated carbocycles. The Morgan fingerprint density at radius 3 is 2.40 bits per heavy atom. The lowest BCUT2D eigenvalue weighted by atomic mass is 9.78. The number of carboxylic acid groups (broad SMARTS) is 1. The minimum atomic E-state index is -0.759. The number of hydrogen-bond donors (Lipinski definition) is 1. The zero-order valence-electron chi connectivity index (χ0n) is 12.6. The normalized spacial score (nSPS) is 28.5. The Bertz CT molecular complexity index is 377. The molecule has 20 heavy (non-hydrogen) atoms. The highest BCUT2D eigenvalue weighted by molar-refractivity contribution is 5.79. The molecule has 2 aliphatic heterocycles. The minimum Gasteiger partial charge on any atom is -0.481 e. The number of likely N-dealkylation sites (tertiary alicyclic amines) is 2. The minimum absolute atomic E-state index is 0.0377. The van der Waals surface area contributed by atoms with Crippen molar-refractivity contribution in [2.75, 3.05) is 26.2 Å². The van der Waals surface area contributed by atoms with E-state index in [1.54, 1.807) is 4.90 Å². The molecule has 0 aromatic carbocycles. The number of hydrogen-bond acceptors (Lipinski definition) is 2. The van der Waals surface area contributed by atoms with Gasteiger partial charge >= 0.3 is 12.0 Å². The first-order chi connectivity index (χ1) is 9.48. The summed E-state index contributed by atoms with van der Waals surface area (Å²) >= 11 is 0. The Labute approximate surface area is 120 Å². The first kappa shape index (κ1) is 15.1. The van der Waals surface area contributed by atoms with Crippen LogP contribution < -0.4 is 0 Å². The molecule has 2 amide bonds. The van der Waals surface area contributed by atoms with E-state index in [0.717, 1.165) is 32.4 Å². The van der Waals surface area contributed by atoms with Crippen molar-refractivity contribution in [2.24, 2.45) is 11.3 Å². The maximum Gasteiger partial charge on any atom is 0.320 e. The average Bonchev–Trinajstić information content (AvgIpc) is 2.47. The second-order valence-corrected chi connectivity index (χ2v) is 6.42. The number of carboxylic acids is 1. The van der Waals surface area contributed by atoms with Crippen LogP contribution in [0.5, 0.6) is 0 Å². The van der Waals surface area contributed by atoms with Crippen LogP contribution in [0, 0.1) is 11.3 Å². The molecule has 5 nitrogen and oxygen atoms in total. The number of urea groups is 1. The van der Waals surface area contributed by atoms with Gasteiger partial charge in [0.15, 0.2) is 0 Å². The van der Waals surface area contributed by atoms with Crippen LogP contribution in [0.4, 0.5) is 4.79 Å². The van der Waals surface area contributed by atoms with Crippen molar-refractivity contribution in [3.63, 3.8) is 0 Å². The molecule has 1 unspecified atom stereocenters. The molecule has 0 radical (unpaired) electrons. The summed E-state index contributed by atoms with van der Waals surface area (Å²) in [6.07, 6.45) is 4.16. The number of aliphatic carboxylic acids is 1. The van der Waals surface area contributed by atoms with Gasteiger partial charge in [0.25, 0.3) is 0 Å². The molecule has 2 aliphatic rings. The molecule has 0 aliphatic carbocycles. The van der Waals surface area contributed by atoms with E-state index in [4.69, 9.17) is 0 Å². The fourth-order valence-electron chi connectivity index (χ4n) is 3.31. The molecule has 0 aromatic heterocycles. The van der Waals surface area contributed by atoms with Crippen LogP contribution in [0.25, 0.3) is 0 Å². The van der Waals surface area contributed by atoms with Gasteiger partial charge in [-0.25, -0.2) is 4.79 Å². The lowest BCUT2D eigenvalue weighted by Crippen LogP contribution is -2.54. The number of piperidine rings is 2. The summed E-state index contributed by atoms with van der Waals surface area (Å²) in [5, 5.41) is 9.48. The summed E-state index contributed by atoms with van der Waals surface area (Å²) in [6, 6.07) is 0.0377. The van der Waals surface area contributed by atoms with E-state index in [1.165, 1.54) is 0 Å². The summed E-state index contributed by atoms with van der Waals surface area (Å²) in [7, 11) is 0. The Kier molecular flexibility index (Phi) is 4.55. The highest BCUT2D eigenvalue weighted by Crippen LogP contribution is 2.34. The Morgan fingerprint density at radius 2 is 1.85 bits per heavy atom. The Hall–Kier alpha value is -1.26. The maximum absolute atomic E-state index is 12.5. The van der Waals surface area contributed by atoms with Crippen LogP contribution in [0.3, 0.4) is 0 Å². The summed E-state index contributed by atoms with van der Waals surface area (Å²) in [5.74, 6) is -0.0704. The van der Waals surface area contributed by atoms with Gasteiger partial charge in [0.05, 0.1) is 5.41 Å². The highest BCUT2D eigenvalue weighted by Gasteiger charge is 2.43. The summed E-state index contributed by atoms with van der Waals surface area (Å²) < 4.78 is 0. The first-order valence-corrected chi connectivity index (χ1v) is 7.76. The van der Waals surface area contributed by atoms with Gasteiger partial charge in [-0.2, -0.15) is 0 Å². The van der Waals surface area contributed by atoms with Crippen LogP contribution in [-0.2, 0) is 4.79 Å². The van der Waals surface area contributed by atoms with Crippen LogP contribution in [0.2, 0.25) is 0 Å². The zero-order valence-corrected chi connectivity index (χ0v) is 12.6. The second-order valence-electron chi connectivity index (χ2n) is 6.42. The van der Waals surface area contributed by atoms with E-state index in [0.29, 0.717) is 31.8 Å². The second kappa shape index (κ2) is 6.02. The third kappa shape index (κ3) is 2.91. The molecule has 1 atom stereocenters. The molecule has 2 rings (SSSR count). The standard InChI is InChI=1S/C15H26N2O3/c1-3-15(13(18)19)7-4-8-17(11-15)14(20)16-9-5-12(2)6-10-16/h12H,3-11H2,1-2H3,(H,18,19). The summed E-state index contributed by atoms with van der Waals surface area (Å²) in [4.78, 5) is 27.7.